The smallest absolute Gasteiger partial charge is 0.106 e. The number of hydrogen-bond acceptors (Lipinski definition) is 2. The maximum Gasteiger partial charge on any atom is 0.106 e. The van der Waals surface area contributed by atoms with E-state index in [2.05, 4.69) is 48.6 Å². The number of aromatic amines is 1. The number of aromatic nitrogens is 2. The average molecular weight is 364 g/mol. The quantitative estimate of drug-likeness (QED) is 0.817. The molecule has 0 radical (unpaired) electrons. The van der Waals surface area contributed by atoms with Gasteiger partial charge in [-0.3, -0.25) is 4.90 Å². The lowest BCUT2D eigenvalue weighted by Crippen LogP contribution is -2.44. The van der Waals surface area contributed by atoms with Gasteiger partial charge in [0.05, 0.1) is 0 Å². The highest BCUT2D eigenvalue weighted by Crippen LogP contribution is 2.39. The fraction of sp³-hybridized carbons (Fsp3) is 0.438. The Labute approximate surface area is 138 Å². The molecule has 4 heterocycles. The molecule has 0 aliphatic carbocycles. The fourth-order valence-corrected chi connectivity index (χ4v) is 4.81. The molecule has 2 aliphatic heterocycles. The third kappa shape index (κ3) is 2.51. The number of nitrogens with one attached hydrogen (secondary N) is 1. The zero-order valence-corrected chi connectivity index (χ0v) is 14.2. The van der Waals surface area contributed by atoms with Gasteiger partial charge in [-0.15, -0.1) is 0 Å². The summed E-state index contributed by atoms with van der Waals surface area (Å²) in [7, 11) is 0. The number of pyridine rings is 1. The van der Waals surface area contributed by atoms with Gasteiger partial charge in [0.15, 0.2) is 0 Å². The SMILES string of the molecule is S=c1ccc(Br)c2n1C[C@@H]1C[C@H]2CN(Cc2ccc[nH]2)C1. The van der Waals surface area contributed by atoms with Gasteiger partial charge >= 0.3 is 0 Å². The van der Waals surface area contributed by atoms with Gasteiger partial charge < -0.3 is 9.55 Å². The van der Waals surface area contributed by atoms with Gasteiger partial charge in [-0.05, 0) is 52.5 Å². The van der Waals surface area contributed by atoms with E-state index in [0.29, 0.717) is 11.8 Å². The fourth-order valence-electron chi connectivity index (χ4n) is 3.90. The van der Waals surface area contributed by atoms with Crippen LogP contribution in [0.1, 0.15) is 23.7 Å². The van der Waals surface area contributed by atoms with E-state index in [0.717, 1.165) is 24.3 Å². The molecule has 4 rings (SSSR count). The van der Waals surface area contributed by atoms with Gasteiger partial charge in [0.2, 0.25) is 0 Å². The molecule has 2 aromatic heterocycles. The predicted octanol–water partition coefficient (Wildman–Crippen LogP) is 3.93. The molecule has 2 aliphatic rings. The summed E-state index contributed by atoms with van der Waals surface area (Å²) in [6.07, 6.45) is 3.30. The third-order valence-electron chi connectivity index (χ3n) is 4.67. The highest BCUT2D eigenvalue weighted by atomic mass is 79.9. The third-order valence-corrected chi connectivity index (χ3v) is 5.70. The summed E-state index contributed by atoms with van der Waals surface area (Å²) in [4.78, 5) is 5.90. The summed E-state index contributed by atoms with van der Waals surface area (Å²) in [6.45, 7) is 4.37. The maximum absolute atomic E-state index is 5.52. The van der Waals surface area contributed by atoms with Crippen LogP contribution >= 0.6 is 28.1 Å². The molecule has 1 N–H and O–H groups in total. The summed E-state index contributed by atoms with van der Waals surface area (Å²) in [5.41, 5.74) is 2.70. The van der Waals surface area contributed by atoms with Crippen molar-refractivity contribution in [3.05, 3.63) is 51.0 Å². The number of likely N-dealkylation sites (tertiary alicyclic amines) is 1. The predicted molar refractivity (Wildman–Crippen MR) is 89.9 cm³/mol. The van der Waals surface area contributed by atoms with E-state index in [9.17, 15) is 0 Å². The Hall–Kier alpha value is -0.910. The molecule has 0 amide bonds. The highest BCUT2D eigenvalue weighted by molar-refractivity contribution is 9.10. The summed E-state index contributed by atoms with van der Waals surface area (Å²) in [5, 5.41) is 0. The van der Waals surface area contributed by atoms with Crippen molar-refractivity contribution in [1.29, 1.82) is 0 Å². The van der Waals surface area contributed by atoms with E-state index in [1.54, 1.807) is 0 Å². The van der Waals surface area contributed by atoms with Gasteiger partial charge in [-0.2, -0.15) is 0 Å². The number of piperidine rings is 1. The molecule has 2 aromatic rings. The van der Waals surface area contributed by atoms with Gasteiger partial charge in [-0.25, -0.2) is 0 Å². The molecule has 0 spiro atoms. The van der Waals surface area contributed by atoms with Crippen molar-refractivity contribution in [3.63, 3.8) is 0 Å². The average Bonchev–Trinajstić information content (AvgIpc) is 2.95. The van der Waals surface area contributed by atoms with Crippen LogP contribution in [0.3, 0.4) is 0 Å². The topological polar surface area (TPSA) is 24.0 Å². The second-order valence-corrected chi connectivity index (χ2v) is 7.48. The summed E-state index contributed by atoms with van der Waals surface area (Å²) < 4.78 is 4.53. The van der Waals surface area contributed by atoms with Crippen molar-refractivity contribution in [2.24, 2.45) is 5.92 Å². The molecular weight excluding hydrogens is 346 g/mol. The first-order chi connectivity index (χ1) is 10.2. The Bertz CT molecular complexity index is 707. The van der Waals surface area contributed by atoms with Crippen molar-refractivity contribution < 1.29 is 0 Å². The van der Waals surface area contributed by atoms with Crippen molar-refractivity contribution in [2.75, 3.05) is 13.1 Å². The first-order valence-electron chi connectivity index (χ1n) is 7.44. The molecular formula is C16H18BrN3S. The van der Waals surface area contributed by atoms with Crippen LogP contribution < -0.4 is 0 Å². The number of rotatable bonds is 2. The second kappa shape index (κ2) is 5.38. The van der Waals surface area contributed by atoms with E-state index in [1.807, 2.05) is 12.3 Å². The van der Waals surface area contributed by atoms with E-state index >= 15 is 0 Å². The van der Waals surface area contributed by atoms with Crippen molar-refractivity contribution >= 4 is 28.1 Å². The Morgan fingerprint density at radius 3 is 2.95 bits per heavy atom. The van der Waals surface area contributed by atoms with Crippen LogP contribution in [0.25, 0.3) is 0 Å². The van der Waals surface area contributed by atoms with Crippen LogP contribution in [0.4, 0.5) is 0 Å². The van der Waals surface area contributed by atoms with Crippen molar-refractivity contribution in [3.8, 4) is 0 Å². The number of halogens is 1. The molecule has 0 aromatic carbocycles. The van der Waals surface area contributed by atoms with Crippen LogP contribution in [0.2, 0.25) is 0 Å². The van der Waals surface area contributed by atoms with Crippen LogP contribution in [0, 0.1) is 10.6 Å². The summed E-state index contributed by atoms with van der Waals surface area (Å²) in [5.74, 6) is 1.30. The molecule has 5 heteroatoms. The van der Waals surface area contributed by atoms with Crippen LogP contribution in [0.5, 0.6) is 0 Å². The van der Waals surface area contributed by atoms with Gasteiger partial charge in [0.1, 0.15) is 4.64 Å². The normalized spacial score (nSPS) is 24.8. The second-order valence-electron chi connectivity index (χ2n) is 6.20. The molecule has 0 unspecified atom stereocenters. The first kappa shape index (κ1) is 13.7. The summed E-state index contributed by atoms with van der Waals surface area (Å²) in [6, 6.07) is 8.40. The standard InChI is InChI=1S/C16H18BrN3S/c17-14-3-4-15(21)20-8-11-6-12(16(14)20)9-19(7-11)10-13-2-1-5-18-13/h1-5,11-12,18H,6-10H2/t11-,12+/m1/s1. The first-order valence-corrected chi connectivity index (χ1v) is 8.64. The van der Waals surface area contributed by atoms with Crippen molar-refractivity contribution in [1.82, 2.24) is 14.5 Å². The Morgan fingerprint density at radius 1 is 1.24 bits per heavy atom. The molecule has 110 valence electrons. The monoisotopic (exact) mass is 363 g/mol. The minimum Gasteiger partial charge on any atom is -0.364 e. The van der Waals surface area contributed by atoms with Crippen LogP contribution in [-0.2, 0) is 13.1 Å². The lowest BCUT2D eigenvalue weighted by molar-refractivity contribution is 0.113. The van der Waals surface area contributed by atoms with Crippen LogP contribution in [-0.4, -0.2) is 27.5 Å². The molecule has 3 nitrogen and oxygen atoms in total. The zero-order chi connectivity index (χ0) is 14.4. The van der Waals surface area contributed by atoms with E-state index in [-0.39, 0.29) is 0 Å². The lowest BCUT2D eigenvalue weighted by Gasteiger charge is -2.43. The van der Waals surface area contributed by atoms with Gasteiger partial charge in [0, 0.05) is 54.2 Å². The van der Waals surface area contributed by atoms with E-state index < -0.39 is 0 Å². The van der Waals surface area contributed by atoms with Gasteiger partial charge in [-0.1, -0.05) is 12.2 Å². The largest absolute Gasteiger partial charge is 0.364 e. The van der Waals surface area contributed by atoms with E-state index in [4.69, 9.17) is 12.2 Å². The molecule has 0 saturated carbocycles. The Balaban J connectivity index is 1.64. The molecule has 2 bridgehead atoms. The summed E-state index contributed by atoms with van der Waals surface area (Å²) >= 11 is 9.25. The Kier molecular flexibility index (Phi) is 3.52. The highest BCUT2D eigenvalue weighted by Gasteiger charge is 2.35. The Morgan fingerprint density at radius 2 is 2.14 bits per heavy atom. The van der Waals surface area contributed by atoms with Gasteiger partial charge in [0.25, 0.3) is 0 Å². The van der Waals surface area contributed by atoms with E-state index in [1.165, 1.54) is 28.8 Å². The minimum absolute atomic E-state index is 0.588. The zero-order valence-electron chi connectivity index (χ0n) is 11.8. The van der Waals surface area contributed by atoms with Crippen molar-refractivity contribution in [2.45, 2.75) is 25.4 Å². The molecule has 1 fully saturated rings. The minimum atomic E-state index is 0.588. The number of H-pyrrole nitrogens is 1. The number of fused-ring (bicyclic) bond motifs is 4. The number of nitrogens with zero attached hydrogens (tertiary/aromatic N) is 2. The molecule has 21 heavy (non-hydrogen) atoms. The lowest BCUT2D eigenvalue weighted by atomic mass is 9.83. The van der Waals surface area contributed by atoms with Crippen LogP contribution in [0.15, 0.2) is 34.9 Å². The molecule has 2 atom stereocenters. The number of hydrogen-bond donors (Lipinski definition) is 1. The molecule has 1 saturated heterocycles. The maximum atomic E-state index is 5.52.